The number of hydrogen-bond donors (Lipinski definition) is 2. The third-order valence-electron chi connectivity index (χ3n) is 2.73. The maximum atomic E-state index is 11.9. The van der Waals surface area contributed by atoms with E-state index in [0.717, 1.165) is 18.5 Å². The van der Waals surface area contributed by atoms with Crippen LogP contribution in [0.4, 0.5) is 11.6 Å². The van der Waals surface area contributed by atoms with E-state index in [1.54, 1.807) is 12.3 Å². The van der Waals surface area contributed by atoms with Crippen molar-refractivity contribution in [3.63, 3.8) is 0 Å². The summed E-state index contributed by atoms with van der Waals surface area (Å²) in [5.41, 5.74) is 1.26. The van der Waals surface area contributed by atoms with Gasteiger partial charge in [0, 0.05) is 18.4 Å². The Bertz CT molecular complexity index is 557. The maximum absolute atomic E-state index is 11.9. The number of unbranched alkanes of at least 4 members (excludes halogenated alkanes) is 1. The molecule has 0 saturated carbocycles. The first-order valence-electron chi connectivity index (χ1n) is 6.73. The molecule has 0 atom stereocenters. The van der Waals surface area contributed by atoms with E-state index in [-0.39, 0.29) is 5.91 Å². The van der Waals surface area contributed by atoms with E-state index < -0.39 is 0 Å². The number of para-hydroxylation sites is 1. The predicted octanol–water partition coefficient (Wildman–Crippen LogP) is 2.75. The van der Waals surface area contributed by atoms with Gasteiger partial charge in [-0.15, -0.1) is 0 Å². The third kappa shape index (κ3) is 4.05. The highest BCUT2D eigenvalue weighted by atomic mass is 16.1. The van der Waals surface area contributed by atoms with Gasteiger partial charge in [0.15, 0.2) is 0 Å². The van der Waals surface area contributed by atoms with E-state index in [1.807, 2.05) is 30.3 Å². The topological polar surface area (TPSA) is 66.9 Å². The second-order valence-electron chi connectivity index (χ2n) is 4.37. The molecule has 0 bridgehead atoms. The molecule has 0 fully saturated rings. The van der Waals surface area contributed by atoms with Crippen LogP contribution in [0.25, 0.3) is 0 Å². The molecule has 2 N–H and O–H groups in total. The van der Waals surface area contributed by atoms with Crippen molar-refractivity contribution in [3.05, 3.63) is 48.3 Å². The first-order chi connectivity index (χ1) is 9.79. The molecule has 104 valence electrons. The van der Waals surface area contributed by atoms with E-state index in [0.29, 0.717) is 18.2 Å². The third-order valence-corrected chi connectivity index (χ3v) is 2.73. The number of anilines is 2. The molecule has 0 radical (unpaired) electrons. The average Bonchev–Trinajstić information content (AvgIpc) is 2.49. The van der Waals surface area contributed by atoms with Crippen molar-refractivity contribution < 1.29 is 4.79 Å². The number of hydrogen-bond acceptors (Lipinski definition) is 4. The van der Waals surface area contributed by atoms with Gasteiger partial charge in [-0.3, -0.25) is 4.79 Å². The number of aromatic nitrogens is 2. The van der Waals surface area contributed by atoms with Crippen LogP contribution in [-0.2, 0) is 0 Å². The molecular weight excluding hydrogens is 252 g/mol. The van der Waals surface area contributed by atoms with Crippen LogP contribution in [0.1, 0.15) is 30.3 Å². The molecule has 0 unspecified atom stereocenters. The van der Waals surface area contributed by atoms with Crippen LogP contribution < -0.4 is 10.6 Å². The highest BCUT2D eigenvalue weighted by Crippen LogP contribution is 2.11. The zero-order chi connectivity index (χ0) is 14.2. The van der Waals surface area contributed by atoms with Crippen LogP contribution in [0.2, 0.25) is 0 Å². The molecule has 0 spiro atoms. The number of carbonyl (C=O) groups is 1. The summed E-state index contributed by atoms with van der Waals surface area (Å²) < 4.78 is 0. The molecule has 1 heterocycles. The molecule has 1 amide bonds. The predicted molar refractivity (Wildman–Crippen MR) is 79.0 cm³/mol. The standard InChI is InChI=1S/C15H18N4O/c1-2-3-10-16-14(20)13-9-11-17-15(19-13)18-12-7-5-4-6-8-12/h4-9,11H,2-3,10H2,1H3,(H,16,20)(H,17,18,19). The van der Waals surface area contributed by atoms with Crippen molar-refractivity contribution in [2.24, 2.45) is 0 Å². The molecule has 2 aromatic rings. The summed E-state index contributed by atoms with van der Waals surface area (Å²) >= 11 is 0. The van der Waals surface area contributed by atoms with Gasteiger partial charge >= 0.3 is 0 Å². The maximum Gasteiger partial charge on any atom is 0.270 e. The lowest BCUT2D eigenvalue weighted by Crippen LogP contribution is -2.25. The van der Waals surface area contributed by atoms with Gasteiger partial charge in [-0.05, 0) is 24.6 Å². The smallest absolute Gasteiger partial charge is 0.270 e. The van der Waals surface area contributed by atoms with E-state index in [1.165, 1.54) is 0 Å². The quantitative estimate of drug-likeness (QED) is 0.792. The first kappa shape index (κ1) is 14.0. The molecule has 0 aliphatic heterocycles. The minimum atomic E-state index is -0.169. The van der Waals surface area contributed by atoms with Gasteiger partial charge in [0.25, 0.3) is 5.91 Å². The number of rotatable bonds is 6. The van der Waals surface area contributed by atoms with E-state index in [9.17, 15) is 4.79 Å². The molecule has 2 rings (SSSR count). The lowest BCUT2D eigenvalue weighted by Gasteiger charge is -2.07. The highest BCUT2D eigenvalue weighted by molar-refractivity contribution is 5.92. The van der Waals surface area contributed by atoms with Gasteiger partial charge in [-0.25, -0.2) is 9.97 Å². The number of benzene rings is 1. The second kappa shape index (κ2) is 7.23. The Hall–Kier alpha value is -2.43. The largest absolute Gasteiger partial charge is 0.351 e. The van der Waals surface area contributed by atoms with Crippen molar-refractivity contribution in [2.45, 2.75) is 19.8 Å². The fourth-order valence-electron chi connectivity index (χ4n) is 1.67. The normalized spacial score (nSPS) is 10.1. The molecule has 0 aliphatic rings. The fraction of sp³-hybridized carbons (Fsp3) is 0.267. The fourth-order valence-corrected chi connectivity index (χ4v) is 1.67. The Kier molecular flexibility index (Phi) is 5.06. The Morgan fingerprint density at radius 2 is 2.00 bits per heavy atom. The minimum absolute atomic E-state index is 0.169. The Balaban J connectivity index is 2.02. The van der Waals surface area contributed by atoms with Gasteiger partial charge < -0.3 is 10.6 Å². The minimum Gasteiger partial charge on any atom is -0.351 e. The molecule has 0 aliphatic carbocycles. The SMILES string of the molecule is CCCCNC(=O)c1ccnc(Nc2ccccc2)n1. The van der Waals surface area contributed by atoms with Gasteiger partial charge in [-0.1, -0.05) is 31.5 Å². The van der Waals surface area contributed by atoms with Gasteiger partial charge in [-0.2, -0.15) is 0 Å². The number of amides is 1. The summed E-state index contributed by atoms with van der Waals surface area (Å²) in [5, 5.41) is 5.90. The van der Waals surface area contributed by atoms with Crippen LogP contribution in [0.5, 0.6) is 0 Å². The summed E-state index contributed by atoms with van der Waals surface area (Å²) in [4.78, 5) is 20.2. The Morgan fingerprint density at radius 3 is 2.75 bits per heavy atom. The molecule has 0 saturated heterocycles. The van der Waals surface area contributed by atoms with Crippen LogP contribution >= 0.6 is 0 Å². The van der Waals surface area contributed by atoms with Crippen molar-refractivity contribution in [1.82, 2.24) is 15.3 Å². The number of carbonyl (C=O) groups excluding carboxylic acids is 1. The van der Waals surface area contributed by atoms with Crippen molar-refractivity contribution in [3.8, 4) is 0 Å². The van der Waals surface area contributed by atoms with Crippen molar-refractivity contribution >= 4 is 17.5 Å². The van der Waals surface area contributed by atoms with Crippen LogP contribution in [0.15, 0.2) is 42.6 Å². The average molecular weight is 270 g/mol. The van der Waals surface area contributed by atoms with Crippen LogP contribution in [0.3, 0.4) is 0 Å². The van der Waals surface area contributed by atoms with Crippen molar-refractivity contribution in [1.29, 1.82) is 0 Å². The van der Waals surface area contributed by atoms with E-state index in [2.05, 4.69) is 27.5 Å². The zero-order valence-electron chi connectivity index (χ0n) is 11.5. The first-order valence-corrected chi connectivity index (χ1v) is 6.73. The van der Waals surface area contributed by atoms with Crippen LogP contribution in [-0.4, -0.2) is 22.4 Å². The molecule has 20 heavy (non-hydrogen) atoms. The monoisotopic (exact) mass is 270 g/mol. The zero-order valence-corrected chi connectivity index (χ0v) is 11.5. The highest BCUT2D eigenvalue weighted by Gasteiger charge is 2.07. The lowest BCUT2D eigenvalue weighted by molar-refractivity contribution is 0.0948. The lowest BCUT2D eigenvalue weighted by atomic mass is 10.3. The van der Waals surface area contributed by atoms with E-state index >= 15 is 0 Å². The van der Waals surface area contributed by atoms with Gasteiger partial charge in [0.2, 0.25) is 5.95 Å². The molecular formula is C15H18N4O. The molecule has 1 aromatic carbocycles. The van der Waals surface area contributed by atoms with E-state index in [4.69, 9.17) is 0 Å². The molecule has 1 aromatic heterocycles. The Labute approximate surface area is 118 Å². The summed E-state index contributed by atoms with van der Waals surface area (Å²) in [7, 11) is 0. The van der Waals surface area contributed by atoms with Crippen molar-refractivity contribution in [2.75, 3.05) is 11.9 Å². The Morgan fingerprint density at radius 1 is 1.20 bits per heavy atom. The second-order valence-corrected chi connectivity index (χ2v) is 4.37. The summed E-state index contributed by atoms with van der Waals surface area (Å²) in [5.74, 6) is 0.247. The summed E-state index contributed by atoms with van der Waals surface area (Å²) in [6.07, 6.45) is 3.59. The number of nitrogens with one attached hydrogen (secondary N) is 2. The summed E-state index contributed by atoms with van der Waals surface area (Å²) in [6, 6.07) is 11.2. The van der Waals surface area contributed by atoms with Crippen LogP contribution in [0, 0.1) is 0 Å². The molecule has 5 heteroatoms. The van der Waals surface area contributed by atoms with Gasteiger partial charge in [0.1, 0.15) is 5.69 Å². The van der Waals surface area contributed by atoms with Gasteiger partial charge in [0.05, 0.1) is 0 Å². The number of nitrogens with zero attached hydrogens (tertiary/aromatic N) is 2. The molecule has 5 nitrogen and oxygen atoms in total. The summed E-state index contributed by atoms with van der Waals surface area (Å²) in [6.45, 7) is 2.75.